The lowest BCUT2D eigenvalue weighted by Crippen LogP contribution is -2.46. The molecule has 19 heavy (non-hydrogen) atoms. The van der Waals surface area contributed by atoms with Crippen molar-refractivity contribution < 1.29 is 31.1 Å². The van der Waals surface area contributed by atoms with Crippen molar-refractivity contribution in [1.29, 1.82) is 0 Å². The second-order valence-corrected chi connectivity index (χ2v) is 4.50. The highest BCUT2D eigenvalue weighted by Gasteiger charge is 2.33. The van der Waals surface area contributed by atoms with E-state index in [1.165, 1.54) is 0 Å². The first-order chi connectivity index (χ1) is 8.41. The first-order valence-electron chi connectivity index (χ1n) is 5.52. The van der Waals surface area contributed by atoms with Crippen LogP contribution >= 0.6 is 0 Å². The van der Waals surface area contributed by atoms with Crippen LogP contribution in [0.25, 0.3) is 0 Å². The van der Waals surface area contributed by atoms with Gasteiger partial charge in [-0.3, -0.25) is 4.79 Å². The summed E-state index contributed by atoms with van der Waals surface area (Å²) in [6.45, 7) is -0.591. The van der Waals surface area contributed by atoms with Gasteiger partial charge < -0.3 is 10.2 Å². The highest BCUT2D eigenvalue weighted by atomic mass is 19.4. The molecule has 0 bridgehead atoms. The van der Waals surface area contributed by atoms with Gasteiger partial charge in [-0.25, -0.2) is 0 Å². The van der Waals surface area contributed by atoms with Crippen molar-refractivity contribution in [3.05, 3.63) is 0 Å². The third kappa shape index (κ3) is 10.6. The van der Waals surface area contributed by atoms with Gasteiger partial charge in [0.1, 0.15) is 6.54 Å². The maximum atomic E-state index is 12.2. The molecule has 3 nitrogen and oxygen atoms in total. The monoisotopic (exact) mass is 294 g/mol. The SMILES string of the molecule is CC(C)CN(CC(F)(F)F)C(=O)CNCC(F)(F)F. The Labute approximate surface area is 106 Å². The van der Waals surface area contributed by atoms with Crippen molar-refractivity contribution in [3.63, 3.8) is 0 Å². The van der Waals surface area contributed by atoms with Crippen LogP contribution in [0, 0.1) is 5.92 Å². The molecule has 9 heteroatoms. The molecule has 0 saturated heterocycles. The van der Waals surface area contributed by atoms with Crippen LogP contribution in [0.5, 0.6) is 0 Å². The van der Waals surface area contributed by atoms with Crippen molar-refractivity contribution in [2.75, 3.05) is 26.2 Å². The Hall–Kier alpha value is -0.990. The van der Waals surface area contributed by atoms with E-state index in [9.17, 15) is 31.1 Å². The van der Waals surface area contributed by atoms with E-state index in [4.69, 9.17) is 0 Å². The molecule has 0 heterocycles. The molecule has 0 atom stereocenters. The molecule has 0 radical (unpaired) electrons. The summed E-state index contributed by atoms with van der Waals surface area (Å²) in [6, 6.07) is 0. The Morgan fingerprint density at radius 1 is 1.11 bits per heavy atom. The number of hydrogen-bond acceptors (Lipinski definition) is 2. The first-order valence-corrected chi connectivity index (χ1v) is 5.52. The molecule has 114 valence electrons. The third-order valence-corrected chi connectivity index (χ3v) is 1.91. The van der Waals surface area contributed by atoms with Crippen LogP contribution in [0.1, 0.15) is 13.8 Å². The summed E-state index contributed by atoms with van der Waals surface area (Å²) in [5.74, 6) is -1.22. The molecule has 0 aromatic rings. The lowest BCUT2D eigenvalue weighted by atomic mass is 10.2. The van der Waals surface area contributed by atoms with Gasteiger partial charge in [0.25, 0.3) is 0 Å². The zero-order valence-electron chi connectivity index (χ0n) is 10.5. The Balaban J connectivity index is 4.38. The van der Waals surface area contributed by atoms with Crippen molar-refractivity contribution in [3.8, 4) is 0 Å². The minimum absolute atomic E-state index is 0.161. The maximum Gasteiger partial charge on any atom is 0.406 e. The number of alkyl halides is 6. The van der Waals surface area contributed by atoms with E-state index in [2.05, 4.69) is 0 Å². The number of carbonyl (C=O) groups is 1. The van der Waals surface area contributed by atoms with Crippen LogP contribution in [0.3, 0.4) is 0 Å². The summed E-state index contributed by atoms with van der Waals surface area (Å²) in [5, 5.41) is 1.78. The number of nitrogens with zero attached hydrogens (tertiary/aromatic N) is 1. The van der Waals surface area contributed by atoms with Gasteiger partial charge in [0, 0.05) is 6.54 Å². The molecule has 0 rings (SSSR count). The number of nitrogens with one attached hydrogen (secondary N) is 1. The molecular formula is C10H16F6N2O. The Morgan fingerprint density at radius 2 is 1.63 bits per heavy atom. The van der Waals surface area contributed by atoms with Crippen molar-refractivity contribution in [1.82, 2.24) is 10.2 Å². The second-order valence-electron chi connectivity index (χ2n) is 4.50. The van der Waals surface area contributed by atoms with E-state index >= 15 is 0 Å². The average Bonchev–Trinajstić information content (AvgIpc) is 2.11. The molecule has 0 fully saturated rings. The van der Waals surface area contributed by atoms with Gasteiger partial charge in [0.2, 0.25) is 5.91 Å². The number of hydrogen-bond donors (Lipinski definition) is 1. The molecule has 1 amide bonds. The van der Waals surface area contributed by atoms with Gasteiger partial charge in [0.05, 0.1) is 13.1 Å². The normalized spacial score (nSPS) is 12.9. The summed E-state index contributed by atoms with van der Waals surface area (Å²) in [6.07, 6.45) is -9.08. The lowest BCUT2D eigenvalue weighted by molar-refractivity contribution is -0.162. The number of amides is 1. The topological polar surface area (TPSA) is 32.3 Å². The van der Waals surface area contributed by atoms with Crippen molar-refractivity contribution >= 4 is 5.91 Å². The van der Waals surface area contributed by atoms with E-state index < -0.39 is 37.9 Å². The molecule has 0 aromatic carbocycles. The smallest absolute Gasteiger partial charge is 0.332 e. The third-order valence-electron chi connectivity index (χ3n) is 1.91. The van der Waals surface area contributed by atoms with E-state index in [-0.39, 0.29) is 12.5 Å². The van der Waals surface area contributed by atoms with Crippen LogP contribution in [0.4, 0.5) is 26.3 Å². The Morgan fingerprint density at radius 3 is 2.00 bits per heavy atom. The van der Waals surface area contributed by atoms with Gasteiger partial charge in [-0.05, 0) is 5.92 Å². The van der Waals surface area contributed by atoms with E-state index in [1.807, 2.05) is 0 Å². The molecule has 1 N–H and O–H groups in total. The fraction of sp³-hybridized carbons (Fsp3) is 0.900. The predicted molar refractivity (Wildman–Crippen MR) is 56.4 cm³/mol. The molecule has 0 aromatic heterocycles. The maximum absolute atomic E-state index is 12.2. The second kappa shape index (κ2) is 6.97. The van der Waals surface area contributed by atoms with Crippen LogP contribution in [0.15, 0.2) is 0 Å². The van der Waals surface area contributed by atoms with Gasteiger partial charge in [-0.15, -0.1) is 0 Å². The average molecular weight is 294 g/mol. The highest BCUT2D eigenvalue weighted by molar-refractivity contribution is 5.78. The highest BCUT2D eigenvalue weighted by Crippen LogP contribution is 2.17. The quantitative estimate of drug-likeness (QED) is 0.762. The zero-order valence-corrected chi connectivity index (χ0v) is 10.5. The number of carbonyl (C=O) groups excluding carboxylic acids is 1. The number of halogens is 6. The molecule has 0 aliphatic rings. The predicted octanol–water partition coefficient (Wildman–Crippen LogP) is 2.19. The van der Waals surface area contributed by atoms with Crippen LogP contribution in [-0.2, 0) is 4.79 Å². The molecular weight excluding hydrogens is 278 g/mol. The molecule has 0 aliphatic heterocycles. The summed E-state index contributed by atoms with van der Waals surface area (Å²) in [7, 11) is 0. The van der Waals surface area contributed by atoms with E-state index in [0.29, 0.717) is 4.90 Å². The first kappa shape index (κ1) is 18.0. The molecule has 0 aliphatic carbocycles. The standard InChI is InChI=1S/C10H16F6N2O/c1-7(2)4-18(6-10(14,15)16)8(19)3-17-5-9(11,12)13/h7,17H,3-6H2,1-2H3. The fourth-order valence-electron chi connectivity index (χ4n) is 1.33. The lowest BCUT2D eigenvalue weighted by Gasteiger charge is -2.26. The van der Waals surface area contributed by atoms with Crippen molar-refractivity contribution in [2.24, 2.45) is 5.92 Å². The van der Waals surface area contributed by atoms with Gasteiger partial charge in [-0.2, -0.15) is 26.3 Å². The van der Waals surface area contributed by atoms with E-state index in [1.54, 1.807) is 19.2 Å². The van der Waals surface area contributed by atoms with Crippen LogP contribution in [0.2, 0.25) is 0 Å². The minimum Gasteiger partial charge on any atom is -0.332 e. The van der Waals surface area contributed by atoms with Gasteiger partial charge >= 0.3 is 12.4 Å². The summed E-state index contributed by atoms with van der Waals surface area (Å²) < 4.78 is 72.2. The Kier molecular flexibility index (Phi) is 6.61. The summed E-state index contributed by atoms with van der Waals surface area (Å²) >= 11 is 0. The largest absolute Gasteiger partial charge is 0.406 e. The minimum atomic E-state index is -4.57. The number of rotatable bonds is 6. The van der Waals surface area contributed by atoms with Crippen molar-refractivity contribution in [2.45, 2.75) is 26.2 Å². The fourth-order valence-corrected chi connectivity index (χ4v) is 1.33. The summed E-state index contributed by atoms with van der Waals surface area (Å²) in [5.41, 5.74) is 0. The van der Waals surface area contributed by atoms with Gasteiger partial charge in [-0.1, -0.05) is 13.8 Å². The zero-order chi connectivity index (χ0) is 15.3. The molecule has 0 saturated carbocycles. The van der Waals surface area contributed by atoms with Gasteiger partial charge in [0.15, 0.2) is 0 Å². The van der Waals surface area contributed by atoms with Crippen LogP contribution in [-0.4, -0.2) is 49.3 Å². The van der Waals surface area contributed by atoms with E-state index in [0.717, 1.165) is 0 Å². The molecule has 0 spiro atoms. The molecule has 0 unspecified atom stereocenters. The Bertz CT molecular complexity index is 287. The summed E-state index contributed by atoms with van der Waals surface area (Å²) in [4.78, 5) is 11.9. The van der Waals surface area contributed by atoms with Crippen LogP contribution < -0.4 is 5.32 Å².